The van der Waals surface area contributed by atoms with Gasteiger partial charge in [0.25, 0.3) is 0 Å². The quantitative estimate of drug-likeness (QED) is 0.877. The summed E-state index contributed by atoms with van der Waals surface area (Å²) < 4.78 is 0. The second-order valence-corrected chi connectivity index (χ2v) is 7.81. The van der Waals surface area contributed by atoms with Gasteiger partial charge in [0.15, 0.2) is 0 Å². The van der Waals surface area contributed by atoms with E-state index in [1.807, 2.05) is 12.1 Å². The van der Waals surface area contributed by atoms with Gasteiger partial charge < -0.3 is 5.11 Å². The molecule has 1 aliphatic heterocycles. The van der Waals surface area contributed by atoms with E-state index in [2.05, 4.69) is 36.1 Å². The van der Waals surface area contributed by atoms with Gasteiger partial charge in [-0.1, -0.05) is 23.7 Å². The Morgan fingerprint density at radius 3 is 2.39 bits per heavy atom. The first-order valence-electron chi connectivity index (χ1n) is 7.83. The highest BCUT2D eigenvalue weighted by atomic mass is 35.5. The minimum absolute atomic E-state index is 0.181. The number of aliphatic carboxylic acids is 1. The Bertz CT molecular complexity index is 675. The molecule has 1 fully saturated rings. The summed E-state index contributed by atoms with van der Waals surface area (Å²) >= 11 is 7.83. The largest absolute Gasteiger partial charge is 0.481 e. The van der Waals surface area contributed by atoms with Crippen molar-refractivity contribution in [2.24, 2.45) is 5.92 Å². The third-order valence-corrected chi connectivity index (χ3v) is 5.77. The standard InChI is InChI=1S/C18H20ClNO2S/c1-12-2-7-16(23-12)17(13-3-5-15(19)6-4-13)20-10-8-14(9-11-20)18(21)22/h2-7,14,17H,8-11H2,1H3,(H,21,22). The van der Waals surface area contributed by atoms with Gasteiger partial charge in [0.05, 0.1) is 12.0 Å². The lowest BCUT2D eigenvalue weighted by Crippen LogP contribution is -2.39. The number of rotatable bonds is 4. The fourth-order valence-corrected chi connectivity index (χ4v) is 4.37. The molecule has 1 unspecified atom stereocenters. The average molecular weight is 350 g/mol. The maximum atomic E-state index is 11.2. The molecule has 3 rings (SSSR count). The Hall–Kier alpha value is -1.36. The van der Waals surface area contributed by atoms with Crippen LogP contribution in [-0.2, 0) is 4.79 Å². The van der Waals surface area contributed by atoms with Crippen LogP contribution < -0.4 is 0 Å². The van der Waals surface area contributed by atoms with Crippen molar-refractivity contribution in [3.8, 4) is 0 Å². The van der Waals surface area contributed by atoms with Gasteiger partial charge in [0, 0.05) is 14.8 Å². The highest BCUT2D eigenvalue weighted by Crippen LogP contribution is 2.36. The molecule has 1 aromatic heterocycles. The van der Waals surface area contributed by atoms with Gasteiger partial charge in [0.1, 0.15) is 0 Å². The van der Waals surface area contributed by atoms with Gasteiger partial charge in [-0.05, 0) is 62.7 Å². The summed E-state index contributed by atoms with van der Waals surface area (Å²) in [4.78, 5) is 16.2. The zero-order chi connectivity index (χ0) is 16.4. The number of carboxylic acid groups (broad SMARTS) is 1. The molecule has 122 valence electrons. The van der Waals surface area contributed by atoms with Gasteiger partial charge >= 0.3 is 5.97 Å². The van der Waals surface area contributed by atoms with Crippen molar-refractivity contribution in [2.75, 3.05) is 13.1 Å². The smallest absolute Gasteiger partial charge is 0.306 e. The first kappa shape index (κ1) is 16.5. The minimum Gasteiger partial charge on any atom is -0.481 e. The van der Waals surface area contributed by atoms with Crippen LogP contribution >= 0.6 is 22.9 Å². The second-order valence-electron chi connectivity index (χ2n) is 6.05. The van der Waals surface area contributed by atoms with E-state index in [1.54, 1.807) is 11.3 Å². The van der Waals surface area contributed by atoms with Crippen LogP contribution in [0.2, 0.25) is 5.02 Å². The Kier molecular flexibility index (Phi) is 5.05. The zero-order valence-electron chi connectivity index (χ0n) is 13.0. The van der Waals surface area contributed by atoms with Gasteiger partial charge in [-0.3, -0.25) is 9.69 Å². The molecule has 1 aliphatic rings. The molecule has 23 heavy (non-hydrogen) atoms. The summed E-state index contributed by atoms with van der Waals surface area (Å²) in [6.07, 6.45) is 1.42. The van der Waals surface area contributed by atoms with E-state index in [0.29, 0.717) is 12.8 Å². The van der Waals surface area contributed by atoms with Crippen molar-refractivity contribution in [2.45, 2.75) is 25.8 Å². The van der Waals surface area contributed by atoms with Crippen molar-refractivity contribution in [3.63, 3.8) is 0 Å². The number of halogens is 1. The van der Waals surface area contributed by atoms with Crippen molar-refractivity contribution in [1.29, 1.82) is 0 Å². The summed E-state index contributed by atoms with van der Waals surface area (Å²) in [5.41, 5.74) is 1.21. The predicted molar refractivity (Wildman–Crippen MR) is 94.3 cm³/mol. The summed E-state index contributed by atoms with van der Waals surface area (Å²) in [5, 5.41) is 9.94. The molecule has 0 bridgehead atoms. The van der Waals surface area contributed by atoms with E-state index in [4.69, 9.17) is 11.6 Å². The number of likely N-dealkylation sites (tertiary alicyclic amines) is 1. The number of carboxylic acids is 1. The molecule has 1 aromatic carbocycles. The third kappa shape index (κ3) is 3.77. The highest BCUT2D eigenvalue weighted by molar-refractivity contribution is 7.12. The SMILES string of the molecule is Cc1ccc(C(c2ccc(Cl)cc2)N2CCC(C(=O)O)CC2)s1. The number of aryl methyl sites for hydroxylation is 1. The lowest BCUT2D eigenvalue weighted by molar-refractivity contribution is -0.143. The first-order chi connectivity index (χ1) is 11.0. The molecule has 5 heteroatoms. The topological polar surface area (TPSA) is 40.5 Å². The van der Waals surface area contributed by atoms with Crippen LogP contribution in [-0.4, -0.2) is 29.1 Å². The van der Waals surface area contributed by atoms with Crippen LogP contribution in [0.1, 0.15) is 34.2 Å². The van der Waals surface area contributed by atoms with E-state index >= 15 is 0 Å². The Labute approximate surface area is 145 Å². The highest BCUT2D eigenvalue weighted by Gasteiger charge is 2.30. The lowest BCUT2D eigenvalue weighted by atomic mass is 9.94. The zero-order valence-corrected chi connectivity index (χ0v) is 14.6. The molecule has 0 spiro atoms. The van der Waals surface area contributed by atoms with Crippen LogP contribution in [0.5, 0.6) is 0 Å². The molecule has 2 aromatic rings. The van der Waals surface area contributed by atoms with E-state index in [1.165, 1.54) is 15.3 Å². The van der Waals surface area contributed by atoms with Gasteiger partial charge in [0.2, 0.25) is 0 Å². The molecule has 2 heterocycles. The fourth-order valence-electron chi connectivity index (χ4n) is 3.21. The van der Waals surface area contributed by atoms with Gasteiger partial charge in [-0.2, -0.15) is 0 Å². The molecular formula is C18H20ClNO2S. The Balaban J connectivity index is 1.87. The maximum Gasteiger partial charge on any atom is 0.306 e. The summed E-state index contributed by atoms with van der Waals surface area (Å²) in [7, 11) is 0. The van der Waals surface area contributed by atoms with Crippen molar-refractivity contribution in [1.82, 2.24) is 4.90 Å². The first-order valence-corrected chi connectivity index (χ1v) is 9.02. The number of carbonyl (C=O) groups is 1. The van der Waals surface area contributed by atoms with Crippen molar-refractivity contribution >= 4 is 28.9 Å². The number of piperidine rings is 1. The van der Waals surface area contributed by atoms with Crippen LogP contribution in [0.15, 0.2) is 36.4 Å². The molecule has 1 N–H and O–H groups in total. The number of hydrogen-bond acceptors (Lipinski definition) is 3. The summed E-state index contributed by atoms with van der Waals surface area (Å²) in [6, 6.07) is 12.5. The van der Waals surface area contributed by atoms with E-state index in [-0.39, 0.29) is 12.0 Å². The van der Waals surface area contributed by atoms with E-state index in [9.17, 15) is 9.90 Å². The molecule has 0 radical (unpaired) electrons. The monoisotopic (exact) mass is 349 g/mol. The molecule has 0 amide bonds. The summed E-state index contributed by atoms with van der Waals surface area (Å²) in [6.45, 7) is 3.73. The molecule has 1 atom stereocenters. The lowest BCUT2D eigenvalue weighted by Gasteiger charge is -2.36. The minimum atomic E-state index is -0.667. The number of nitrogens with zero attached hydrogens (tertiary/aromatic N) is 1. The van der Waals surface area contributed by atoms with Crippen molar-refractivity contribution in [3.05, 3.63) is 56.7 Å². The fraction of sp³-hybridized carbons (Fsp3) is 0.389. The predicted octanol–water partition coefficient (Wildman–Crippen LogP) is 4.60. The summed E-state index contributed by atoms with van der Waals surface area (Å²) in [5.74, 6) is -0.873. The van der Waals surface area contributed by atoms with Crippen LogP contribution in [0.4, 0.5) is 0 Å². The molecule has 0 aliphatic carbocycles. The van der Waals surface area contributed by atoms with E-state index < -0.39 is 5.97 Å². The van der Waals surface area contributed by atoms with Crippen LogP contribution in [0.25, 0.3) is 0 Å². The van der Waals surface area contributed by atoms with Crippen LogP contribution in [0.3, 0.4) is 0 Å². The number of benzene rings is 1. The number of thiophene rings is 1. The molecule has 1 saturated heterocycles. The van der Waals surface area contributed by atoms with Gasteiger partial charge in [-0.25, -0.2) is 0 Å². The van der Waals surface area contributed by atoms with E-state index in [0.717, 1.165) is 18.1 Å². The molecule has 3 nitrogen and oxygen atoms in total. The molecule has 0 saturated carbocycles. The second kappa shape index (κ2) is 7.04. The Morgan fingerprint density at radius 1 is 1.22 bits per heavy atom. The third-order valence-electron chi connectivity index (χ3n) is 4.46. The normalized spacial score (nSPS) is 18.0. The molecular weight excluding hydrogens is 330 g/mol. The number of hydrogen-bond donors (Lipinski definition) is 1. The maximum absolute atomic E-state index is 11.2. The van der Waals surface area contributed by atoms with Gasteiger partial charge in [-0.15, -0.1) is 11.3 Å². The van der Waals surface area contributed by atoms with Crippen molar-refractivity contribution < 1.29 is 9.90 Å². The van der Waals surface area contributed by atoms with Crippen LogP contribution in [0, 0.1) is 12.8 Å². The average Bonchev–Trinajstić information content (AvgIpc) is 2.96. The Morgan fingerprint density at radius 2 is 1.87 bits per heavy atom.